The molecule has 14 heavy (non-hydrogen) atoms. The van der Waals surface area contributed by atoms with E-state index >= 15 is 0 Å². The van der Waals surface area contributed by atoms with Crippen molar-refractivity contribution in [2.45, 2.75) is 12.7 Å². The highest BCUT2D eigenvalue weighted by atomic mass is 16.7. The van der Waals surface area contributed by atoms with Gasteiger partial charge in [0.25, 0.3) is 6.29 Å². The second kappa shape index (κ2) is 2.91. The molecule has 0 saturated carbocycles. The summed E-state index contributed by atoms with van der Waals surface area (Å²) in [5, 5.41) is 0. The lowest BCUT2D eigenvalue weighted by atomic mass is 10.00. The Morgan fingerprint density at radius 2 is 2.14 bits per heavy atom. The van der Waals surface area contributed by atoms with Gasteiger partial charge in [-0.3, -0.25) is 0 Å². The van der Waals surface area contributed by atoms with Crippen LogP contribution in [-0.2, 0) is 11.2 Å². The molecular formula is C12H10O2. The molecule has 2 heterocycles. The Bertz CT molecular complexity index is 418. The predicted octanol–water partition coefficient (Wildman–Crippen LogP) is 2.42. The molecule has 0 fully saturated rings. The molecule has 2 nitrogen and oxygen atoms in total. The van der Waals surface area contributed by atoms with E-state index in [1.165, 1.54) is 11.1 Å². The van der Waals surface area contributed by atoms with Crippen LogP contribution in [0, 0.1) is 0 Å². The third-order valence-corrected chi connectivity index (χ3v) is 2.49. The summed E-state index contributed by atoms with van der Waals surface area (Å²) in [5.74, 6) is 0.935. The molecule has 0 bridgehead atoms. The maximum Gasteiger partial charge on any atom is 0.263 e. The van der Waals surface area contributed by atoms with E-state index in [0.717, 1.165) is 12.2 Å². The standard InChI is InChI=1S/C12H10O2/c1-2-6-11-9(4-1)8-10-5-3-7-13-12(10)14-11/h1-7,12H,8H2. The van der Waals surface area contributed by atoms with E-state index in [1.807, 2.05) is 24.3 Å². The second-order valence-electron chi connectivity index (χ2n) is 3.44. The van der Waals surface area contributed by atoms with Crippen LogP contribution in [0.25, 0.3) is 0 Å². The molecule has 3 rings (SSSR count). The van der Waals surface area contributed by atoms with Crippen molar-refractivity contribution in [2.24, 2.45) is 0 Å². The van der Waals surface area contributed by atoms with E-state index in [4.69, 9.17) is 9.47 Å². The van der Waals surface area contributed by atoms with E-state index in [1.54, 1.807) is 6.26 Å². The molecule has 0 radical (unpaired) electrons. The normalized spacial score (nSPS) is 22.6. The fourth-order valence-corrected chi connectivity index (χ4v) is 1.79. The number of hydrogen-bond donors (Lipinski definition) is 0. The van der Waals surface area contributed by atoms with Crippen LogP contribution in [0.15, 0.2) is 48.3 Å². The molecule has 0 amide bonds. The van der Waals surface area contributed by atoms with Gasteiger partial charge in [0.2, 0.25) is 0 Å². The Balaban J connectivity index is 2.03. The quantitative estimate of drug-likeness (QED) is 0.619. The summed E-state index contributed by atoms with van der Waals surface area (Å²) in [7, 11) is 0. The molecule has 1 atom stereocenters. The van der Waals surface area contributed by atoms with Crippen LogP contribution in [-0.4, -0.2) is 6.29 Å². The van der Waals surface area contributed by atoms with E-state index in [9.17, 15) is 0 Å². The second-order valence-corrected chi connectivity index (χ2v) is 3.44. The van der Waals surface area contributed by atoms with Crippen LogP contribution in [0.3, 0.4) is 0 Å². The number of para-hydroxylation sites is 1. The van der Waals surface area contributed by atoms with Crippen molar-refractivity contribution in [1.29, 1.82) is 0 Å². The Morgan fingerprint density at radius 1 is 1.21 bits per heavy atom. The first-order chi connectivity index (χ1) is 6.93. The van der Waals surface area contributed by atoms with Gasteiger partial charge in [-0.1, -0.05) is 24.3 Å². The summed E-state index contributed by atoms with van der Waals surface area (Å²) in [5.41, 5.74) is 2.42. The van der Waals surface area contributed by atoms with Crippen LogP contribution < -0.4 is 4.74 Å². The molecule has 2 aliphatic heterocycles. The van der Waals surface area contributed by atoms with Gasteiger partial charge in [0.05, 0.1) is 6.26 Å². The molecule has 1 aromatic carbocycles. The van der Waals surface area contributed by atoms with Gasteiger partial charge >= 0.3 is 0 Å². The van der Waals surface area contributed by atoms with Crippen molar-refractivity contribution >= 4 is 0 Å². The predicted molar refractivity (Wildman–Crippen MR) is 52.9 cm³/mol. The van der Waals surface area contributed by atoms with Gasteiger partial charge in [-0.2, -0.15) is 0 Å². The molecule has 1 unspecified atom stereocenters. The molecule has 1 aromatic rings. The fourth-order valence-electron chi connectivity index (χ4n) is 1.79. The van der Waals surface area contributed by atoms with Crippen molar-refractivity contribution in [3.63, 3.8) is 0 Å². The lowest BCUT2D eigenvalue weighted by Crippen LogP contribution is -2.28. The lowest BCUT2D eigenvalue weighted by Gasteiger charge is -2.29. The molecule has 0 aromatic heterocycles. The van der Waals surface area contributed by atoms with Crippen LogP contribution >= 0.6 is 0 Å². The molecule has 0 aliphatic carbocycles. The van der Waals surface area contributed by atoms with Crippen molar-refractivity contribution in [3.05, 3.63) is 53.8 Å². The number of fused-ring (bicyclic) bond motifs is 2. The van der Waals surface area contributed by atoms with Crippen LogP contribution in [0.5, 0.6) is 5.75 Å². The highest BCUT2D eigenvalue weighted by Crippen LogP contribution is 2.31. The SMILES string of the molecule is C1=COC2Oc3ccccc3CC2=C1. The van der Waals surface area contributed by atoms with Gasteiger partial charge in [-0.05, 0) is 17.7 Å². The zero-order chi connectivity index (χ0) is 9.38. The Morgan fingerprint density at radius 3 is 3.14 bits per heavy atom. The number of ether oxygens (including phenoxy) is 2. The molecule has 2 heteroatoms. The molecule has 70 valence electrons. The van der Waals surface area contributed by atoms with Crippen LogP contribution in [0.1, 0.15) is 5.56 Å². The van der Waals surface area contributed by atoms with E-state index in [0.29, 0.717) is 0 Å². The molecule has 2 aliphatic rings. The first-order valence-corrected chi connectivity index (χ1v) is 4.69. The molecule has 0 spiro atoms. The number of benzene rings is 1. The number of rotatable bonds is 0. The Kier molecular flexibility index (Phi) is 1.60. The summed E-state index contributed by atoms with van der Waals surface area (Å²) in [6.45, 7) is 0. The minimum absolute atomic E-state index is 0.213. The Labute approximate surface area is 82.5 Å². The fraction of sp³-hybridized carbons (Fsp3) is 0.167. The molecule has 0 N–H and O–H groups in total. The summed E-state index contributed by atoms with van der Waals surface area (Å²) in [4.78, 5) is 0. The highest BCUT2D eigenvalue weighted by molar-refractivity contribution is 5.41. The van der Waals surface area contributed by atoms with Gasteiger partial charge in [0.1, 0.15) is 5.75 Å². The third-order valence-electron chi connectivity index (χ3n) is 2.49. The zero-order valence-corrected chi connectivity index (χ0v) is 7.64. The van der Waals surface area contributed by atoms with Crippen LogP contribution in [0.4, 0.5) is 0 Å². The zero-order valence-electron chi connectivity index (χ0n) is 7.64. The maximum absolute atomic E-state index is 5.69. The third kappa shape index (κ3) is 1.11. The van der Waals surface area contributed by atoms with E-state index in [-0.39, 0.29) is 6.29 Å². The highest BCUT2D eigenvalue weighted by Gasteiger charge is 2.25. The Hall–Kier alpha value is -1.70. The largest absolute Gasteiger partial charge is 0.459 e. The summed E-state index contributed by atoms with van der Waals surface area (Å²) >= 11 is 0. The monoisotopic (exact) mass is 186 g/mol. The van der Waals surface area contributed by atoms with Gasteiger partial charge in [-0.15, -0.1) is 0 Å². The summed E-state index contributed by atoms with van der Waals surface area (Å²) < 4.78 is 11.1. The van der Waals surface area contributed by atoms with E-state index < -0.39 is 0 Å². The average molecular weight is 186 g/mol. The lowest BCUT2D eigenvalue weighted by molar-refractivity contribution is -0.0101. The minimum atomic E-state index is -0.213. The molecule has 0 saturated heterocycles. The number of hydrogen-bond acceptors (Lipinski definition) is 2. The first kappa shape index (κ1) is 7.68. The van der Waals surface area contributed by atoms with Crippen molar-refractivity contribution in [2.75, 3.05) is 0 Å². The smallest absolute Gasteiger partial charge is 0.263 e. The molecular weight excluding hydrogens is 176 g/mol. The maximum atomic E-state index is 5.69. The van der Waals surface area contributed by atoms with Gasteiger partial charge in [0, 0.05) is 12.0 Å². The minimum Gasteiger partial charge on any atom is -0.459 e. The van der Waals surface area contributed by atoms with Crippen molar-refractivity contribution < 1.29 is 9.47 Å². The topological polar surface area (TPSA) is 18.5 Å². The first-order valence-electron chi connectivity index (χ1n) is 4.69. The number of allylic oxidation sites excluding steroid dienone is 2. The van der Waals surface area contributed by atoms with Crippen molar-refractivity contribution in [3.8, 4) is 5.75 Å². The van der Waals surface area contributed by atoms with Gasteiger partial charge in [0.15, 0.2) is 0 Å². The average Bonchev–Trinajstić information content (AvgIpc) is 2.26. The van der Waals surface area contributed by atoms with Gasteiger partial charge < -0.3 is 9.47 Å². The summed E-state index contributed by atoms with van der Waals surface area (Å²) in [6.07, 6.45) is 6.34. The van der Waals surface area contributed by atoms with Gasteiger partial charge in [-0.25, -0.2) is 0 Å². The summed E-state index contributed by atoms with van der Waals surface area (Å²) in [6, 6.07) is 8.08. The van der Waals surface area contributed by atoms with Crippen molar-refractivity contribution in [1.82, 2.24) is 0 Å². The van der Waals surface area contributed by atoms with E-state index in [2.05, 4.69) is 12.1 Å². The van der Waals surface area contributed by atoms with Crippen LogP contribution in [0.2, 0.25) is 0 Å².